The predicted molar refractivity (Wildman–Crippen MR) is 43.0 cm³/mol. The average Bonchev–Trinajstić information content (AvgIpc) is 1.79. The highest BCUT2D eigenvalue weighted by molar-refractivity contribution is 4.66. The molecule has 0 aliphatic rings. The van der Waals surface area contributed by atoms with E-state index >= 15 is 0 Å². The second-order valence-corrected chi connectivity index (χ2v) is 3.52. The van der Waals surface area contributed by atoms with Crippen LogP contribution in [0.25, 0.3) is 0 Å². The monoisotopic (exact) mass is 183 g/mol. The Bertz CT molecular complexity index is 120. The third kappa shape index (κ3) is 7.85. The van der Waals surface area contributed by atoms with Crippen molar-refractivity contribution in [2.75, 3.05) is 6.54 Å². The van der Waals surface area contributed by atoms with Crippen molar-refractivity contribution < 1.29 is 13.2 Å². The van der Waals surface area contributed by atoms with E-state index in [0.717, 1.165) is 0 Å². The molecule has 0 rings (SSSR count). The van der Waals surface area contributed by atoms with Crippen molar-refractivity contribution in [1.29, 1.82) is 0 Å². The molecule has 0 amide bonds. The normalized spacial score (nSPS) is 15.2. The largest absolute Gasteiger partial charge is 0.390 e. The first-order valence-electron chi connectivity index (χ1n) is 4.11. The van der Waals surface area contributed by atoms with E-state index in [1.807, 2.05) is 13.8 Å². The van der Waals surface area contributed by atoms with Gasteiger partial charge in [0.05, 0.1) is 6.42 Å². The van der Waals surface area contributed by atoms with Crippen LogP contribution in [0.2, 0.25) is 0 Å². The van der Waals surface area contributed by atoms with Gasteiger partial charge in [-0.3, -0.25) is 0 Å². The first kappa shape index (κ1) is 11.8. The number of hydrogen-bond acceptors (Lipinski definition) is 1. The lowest BCUT2D eigenvalue weighted by atomic mass is 10.2. The van der Waals surface area contributed by atoms with Crippen LogP contribution in [0.4, 0.5) is 13.2 Å². The van der Waals surface area contributed by atoms with Gasteiger partial charge in [0.25, 0.3) is 0 Å². The summed E-state index contributed by atoms with van der Waals surface area (Å²) in [7, 11) is 0. The highest BCUT2D eigenvalue weighted by atomic mass is 19.4. The highest BCUT2D eigenvalue weighted by Crippen LogP contribution is 2.21. The Morgan fingerprint density at radius 2 is 1.67 bits per heavy atom. The topological polar surface area (TPSA) is 12.0 Å². The third-order valence-electron chi connectivity index (χ3n) is 1.41. The summed E-state index contributed by atoms with van der Waals surface area (Å²) in [4.78, 5) is 0. The van der Waals surface area contributed by atoms with Gasteiger partial charge in [0.1, 0.15) is 0 Å². The smallest absolute Gasteiger partial charge is 0.314 e. The minimum atomic E-state index is -4.05. The van der Waals surface area contributed by atoms with Crippen molar-refractivity contribution in [3.8, 4) is 0 Å². The van der Waals surface area contributed by atoms with Crippen molar-refractivity contribution in [3.63, 3.8) is 0 Å². The van der Waals surface area contributed by atoms with Crippen LogP contribution in [0.1, 0.15) is 27.2 Å². The molecule has 0 heterocycles. The number of nitrogens with one attached hydrogen (secondary N) is 1. The number of rotatable bonds is 4. The molecule has 1 nitrogen and oxygen atoms in total. The molecular formula is C8H16F3N. The van der Waals surface area contributed by atoms with E-state index in [9.17, 15) is 13.2 Å². The van der Waals surface area contributed by atoms with E-state index in [2.05, 4.69) is 5.32 Å². The molecule has 0 spiro atoms. The van der Waals surface area contributed by atoms with E-state index in [4.69, 9.17) is 0 Å². The lowest BCUT2D eigenvalue weighted by Gasteiger charge is -2.16. The van der Waals surface area contributed by atoms with Crippen molar-refractivity contribution >= 4 is 0 Å². The third-order valence-corrected chi connectivity index (χ3v) is 1.41. The maximum atomic E-state index is 11.8. The minimum Gasteiger partial charge on any atom is -0.314 e. The van der Waals surface area contributed by atoms with Gasteiger partial charge in [-0.05, 0) is 19.4 Å². The van der Waals surface area contributed by atoms with Crippen molar-refractivity contribution in [2.24, 2.45) is 5.92 Å². The van der Waals surface area contributed by atoms with Crippen LogP contribution < -0.4 is 5.32 Å². The van der Waals surface area contributed by atoms with Crippen molar-refractivity contribution in [1.82, 2.24) is 5.32 Å². The van der Waals surface area contributed by atoms with Gasteiger partial charge in [0.2, 0.25) is 0 Å². The quantitative estimate of drug-likeness (QED) is 0.706. The summed E-state index contributed by atoms with van der Waals surface area (Å²) in [5.74, 6) is 0.390. The Hall–Kier alpha value is -0.250. The first-order valence-corrected chi connectivity index (χ1v) is 4.11. The molecule has 1 atom stereocenters. The fourth-order valence-electron chi connectivity index (χ4n) is 0.856. The molecule has 0 aliphatic heterocycles. The van der Waals surface area contributed by atoms with Crippen molar-refractivity contribution in [2.45, 2.75) is 39.4 Å². The maximum Gasteiger partial charge on any atom is 0.390 e. The van der Waals surface area contributed by atoms with Gasteiger partial charge in [0.15, 0.2) is 0 Å². The van der Waals surface area contributed by atoms with Gasteiger partial charge < -0.3 is 5.32 Å². The second kappa shape index (κ2) is 4.70. The van der Waals surface area contributed by atoms with Crippen LogP contribution in [0.3, 0.4) is 0 Å². The molecule has 0 aliphatic carbocycles. The number of alkyl halides is 3. The van der Waals surface area contributed by atoms with Crippen LogP contribution in [0.5, 0.6) is 0 Å². The predicted octanol–water partition coefficient (Wildman–Crippen LogP) is 2.57. The Kier molecular flexibility index (Phi) is 4.60. The molecule has 12 heavy (non-hydrogen) atoms. The van der Waals surface area contributed by atoms with E-state index in [0.29, 0.717) is 12.5 Å². The summed E-state index contributed by atoms with van der Waals surface area (Å²) in [6.45, 7) is 6.12. The summed E-state index contributed by atoms with van der Waals surface area (Å²) in [5, 5.41) is 2.82. The molecule has 0 radical (unpaired) electrons. The van der Waals surface area contributed by atoms with Crippen molar-refractivity contribution in [3.05, 3.63) is 0 Å². The molecule has 0 saturated heterocycles. The molecule has 0 aromatic rings. The van der Waals surface area contributed by atoms with Crippen LogP contribution in [-0.2, 0) is 0 Å². The molecule has 0 aromatic heterocycles. The van der Waals surface area contributed by atoms with E-state index in [1.165, 1.54) is 0 Å². The molecule has 0 saturated carbocycles. The number of halogens is 3. The number of hydrogen-bond donors (Lipinski definition) is 1. The lowest BCUT2D eigenvalue weighted by Crippen LogP contribution is -2.33. The molecule has 74 valence electrons. The van der Waals surface area contributed by atoms with Crippen LogP contribution in [0.15, 0.2) is 0 Å². The summed E-state index contributed by atoms with van der Waals surface area (Å²) in [5.41, 5.74) is 0. The molecule has 1 unspecified atom stereocenters. The SMILES string of the molecule is CC(C)CNC(C)CC(F)(F)F. The van der Waals surface area contributed by atoms with Gasteiger partial charge in [-0.1, -0.05) is 13.8 Å². The van der Waals surface area contributed by atoms with Gasteiger partial charge in [-0.2, -0.15) is 13.2 Å². The zero-order valence-electron chi connectivity index (χ0n) is 7.70. The Balaban J connectivity index is 3.53. The summed E-state index contributed by atoms with van der Waals surface area (Å²) < 4.78 is 35.4. The standard InChI is InChI=1S/C8H16F3N/c1-6(2)5-12-7(3)4-8(9,10)11/h6-7,12H,4-5H2,1-3H3. The average molecular weight is 183 g/mol. The second-order valence-electron chi connectivity index (χ2n) is 3.52. The molecule has 0 aromatic carbocycles. The molecule has 1 N–H and O–H groups in total. The van der Waals surface area contributed by atoms with Gasteiger partial charge in [-0.25, -0.2) is 0 Å². The minimum absolute atomic E-state index is 0.390. The van der Waals surface area contributed by atoms with Crippen LogP contribution >= 0.6 is 0 Å². The lowest BCUT2D eigenvalue weighted by molar-refractivity contribution is -0.139. The first-order chi connectivity index (χ1) is 5.31. The van der Waals surface area contributed by atoms with Crippen LogP contribution in [-0.4, -0.2) is 18.8 Å². The van der Waals surface area contributed by atoms with Gasteiger partial charge in [0, 0.05) is 6.04 Å². The summed E-state index contributed by atoms with van der Waals surface area (Å²) in [6, 6.07) is -0.479. The Morgan fingerprint density at radius 3 is 2.00 bits per heavy atom. The fraction of sp³-hybridized carbons (Fsp3) is 1.00. The van der Waals surface area contributed by atoms with Crippen LogP contribution in [0, 0.1) is 5.92 Å². The summed E-state index contributed by atoms with van der Waals surface area (Å²) in [6.07, 6.45) is -4.80. The molecule has 0 bridgehead atoms. The van der Waals surface area contributed by atoms with E-state index < -0.39 is 18.6 Å². The molecular weight excluding hydrogens is 167 g/mol. The molecule has 4 heteroatoms. The highest BCUT2D eigenvalue weighted by Gasteiger charge is 2.29. The Labute approximate surface area is 71.3 Å². The van der Waals surface area contributed by atoms with Gasteiger partial charge >= 0.3 is 6.18 Å². The Morgan fingerprint density at radius 1 is 1.17 bits per heavy atom. The maximum absolute atomic E-state index is 11.8. The van der Waals surface area contributed by atoms with Gasteiger partial charge in [-0.15, -0.1) is 0 Å². The van der Waals surface area contributed by atoms with E-state index in [1.54, 1.807) is 6.92 Å². The van der Waals surface area contributed by atoms with E-state index in [-0.39, 0.29) is 0 Å². The summed E-state index contributed by atoms with van der Waals surface area (Å²) >= 11 is 0. The zero-order chi connectivity index (χ0) is 9.78. The molecule has 0 fully saturated rings. The zero-order valence-corrected chi connectivity index (χ0v) is 7.70. The fourth-order valence-corrected chi connectivity index (χ4v) is 0.856.